The molecule has 0 spiro atoms. The molecule has 1 saturated heterocycles. The molecule has 0 saturated carbocycles. The first-order valence-corrected chi connectivity index (χ1v) is 9.67. The average molecular weight is 411 g/mol. The number of Topliss-reactive ketones (excluding diaryl/α,β-unsaturated/α-hetero) is 1. The van der Waals surface area contributed by atoms with Gasteiger partial charge >= 0.3 is 0 Å². The Hall–Kier alpha value is -3.32. The van der Waals surface area contributed by atoms with Crippen LogP contribution in [-0.2, 0) is 14.3 Å². The number of benzene rings is 2. The summed E-state index contributed by atoms with van der Waals surface area (Å²) in [7, 11) is 3.04. The molecule has 1 fully saturated rings. The number of amides is 1. The Morgan fingerprint density at radius 1 is 1.07 bits per heavy atom. The topological polar surface area (TPSA) is 85.3 Å². The number of hydrogen-bond acceptors (Lipinski definition) is 6. The molecule has 0 unspecified atom stereocenters. The quantitative estimate of drug-likeness (QED) is 0.408. The number of rotatable bonds is 8. The van der Waals surface area contributed by atoms with Gasteiger partial charge in [0.05, 0.1) is 31.9 Å². The lowest BCUT2D eigenvalue weighted by molar-refractivity contribution is -0.140. The maximum Gasteiger partial charge on any atom is 0.295 e. The summed E-state index contributed by atoms with van der Waals surface area (Å²) in [6.45, 7) is 2.79. The van der Waals surface area contributed by atoms with Crippen LogP contribution in [0.1, 0.15) is 24.1 Å². The molecule has 2 aromatic carbocycles. The Morgan fingerprint density at radius 3 is 2.43 bits per heavy atom. The van der Waals surface area contributed by atoms with Crippen molar-refractivity contribution in [3.8, 4) is 11.5 Å². The lowest BCUT2D eigenvalue weighted by Gasteiger charge is -2.25. The van der Waals surface area contributed by atoms with Crippen LogP contribution in [0.4, 0.5) is 0 Å². The second-order valence-corrected chi connectivity index (χ2v) is 6.69. The Balaban J connectivity index is 2.16. The van der Waals surface area contributed by atoms with Gasteiger partial charge in [0, 0.05) is 19.2 Å². The van der Waals surface area contributed by atoms with Crippen molar-refractivity contribution in [3.05, 3.63) is 65.2 Å². The summed E-state index contributed by atoms with van der Waals surface area (Å²) in [5.41, 5.74) is 1.13. The number of ketones is 1. The van der Waals surface area contributed by atoms with Crippen LogP contribution in [0.25, 0.3) is 5.76 Å². The Bertz CT molecular complexity index is 953. The third-order valence-corrected chi connectivity index (χ3v) is 4.93. The van der Waals surface area contributed by atoms with Gasteiger partial charge in [-0.2, -0.15) is 0 Å². The zero-order valence-corrected chi connectivity index (χ0v) is 17.3. The monoisotopic (exact) mass is 411 g/mol. The van der Waals surface area contributed by atoms with Gasteiger partial charge in [-0.05, 0) is 24.6 Å². The fourth-order valence-corrected chi connectivity index (χ4v) is 3.53. The highest BCUT2D eigenvalue weighted by Gasteiger charge is 2.46. The molecule has 2 aromatic rings. The molecule has 1 atom stereocenters. The molecule has 3 rings (SSSR count). The van der Waals surface area contributed by atoms with E-state index in [1.165, 1.54) is 19.1 Å². The van der Waals surface area contributed by atoms with E-state index in [4.69, 9.17) is 14.2 Å². The summed E-state index contributed by atoms with van der Waals surface area (Å²) in [6, 6.07) is 13.1. The lowest BCUT2D eigenvalue weighted by Crippen LogP contribution is -2.32. The molecule has 30 heavy (non-hydrogen) atoms. The molecule has 0 radical (unpaired) electrons. The van der Waals surface area contributed by atoms with Crippen LogP contribution in [0.5, 0.6) is 11.5 Å². The molecule has 0 bridgehead atoms. The number of aliphatic hydroxyl groups excluding tert-OH is 1. The molecule has 1 aliphatic heterocycles. The fraction of sp³-hybridized carbons (Fsp3) is 0.304. The van der Waals surface area contributed by atoms with Crippen LogP contribution in [0.3, 0.4) is 0 Å². The highest BCUT2D eigenvalue weighted by molar-refractivity contribution is 6.46. The van der Waals surface area contributed by atoms with Gasteiger partial charge < -0.3 is 24.2 Å². The van der Waals surface area contributed by atoms with Gasteiger partial charge in [-0.15, -0.1) is 0 Å². The average Bonchev–Trinajstić information content (AvgIpc) is 3.03. The van der Waals surface area contributed by atoms with E-state index in [0.29, 0.717) is 29.2 Å². The molecule has 1 heterocycles. The SMILES string of the molecule is CCOc1ccc([C@@H]2/C(=C(\O)c3ccccc3)C(=O)C(=O)N2CCOC)cc1OC. The minimum absolute atomic E-state index is 0.0357. The van der Waals surface area contributed by atoms with Crippen molar-refractivity contribution in [2.75, 3.05) is 34.0 Å². The maximum absolute atomic E-state index is 12.9. The molecule has 1 aliphatic rings. The molecule has 1 N–H and O–H groups in total. The van der Waals surface area contributed by atoms with Crippen LogP contribution in [0.15, 0.2) is 54.1 Å². The number of carbonyl (C=O) groups is 2. The van der Waals surface area contributed by atoms with Crippen LogP contribution in [0, 0.1) is 0 Å². The zero-order valence-electron chi connectivity index (χ0n) is 17.3. The Kier molecular flexibility index (Phi) is 6.74. The molecule has 7 nitrogen and oxygen atoms in total. The van der Waals surface area contributed by atoms with E-state index in [-0.39, 0.29) is 24.5 Å². The largest absolute Gasteiger partial charge is 0.507 e. The highest BCUT2D eigenvalue weighted by Crippen LogP contribution is 2.41. The van der Waals surface area contributed by atoms with Gasteiger partial charge in [0.15, 0.2) is 11.5 Å². The minimum atomic E-state index is -0.773. The van der Waals surface area contributed by atoms with Gasteiger partial charge in [0.2, 0.25) is 0 Å². The number of nitrogens with zero attached hydrogens (tertiary/aromatic N) is 1. The summed E-state index contributed by atoms with van der Waals surface area (Å²) in [6.07, 6.45) is 0. The molecule has 1 amide bonds. The smallest absolute Gasteiger partial charge is 0.295 e. The van der Waals surface area contributed by atoms with Crippen molar-refractivity contribution >= 4 is 17.4 Å². The van der Waals surface area contributed by atoms with Crippen molar-refractivity contribution in [2.24, 2.45) is 0 Å². The van der Waals surface area contributed by atoms with E-state index in [0.717, 1.165) is 0 Å². The van der Waals surface area contributed by atoms with Gasteiger partial charge in [-0.3, -0.25) is 9.59 Å². The van der Waals surface area contributed by atoms with Crippen molar-refractivity contribution in [3.63, 3.8) is 0 Å². The Labute approximate surface area is 175 Å². The molecule has 0 aliphatic carbocycles. The highest BCUT2D eigenvalue weighted by atomic mass is 16.5. The molecule has 7 heteroatoms. The number of methoxy groups -OCH3 is 2. The first kappa shape index (κ1) is 21.4. The number of aliphatic hydroxyl groups is 1. The van der Waals surface area contributed by atoms with Crippen molar-refractivity contribution in [1.29, 1.82) is 0 Å². The summed E-state index contributed by atoms with van der Waals surface area (Å²) in [5, 5.41) is 10.9. The number of hydrogen-bond donors (Lipinski definition) is 1. The van der Waals surface area contributed by atoms with Gasteiger partial charge in [-0.1, -0.05) is 36.4 Å². The number of likely N-dealkylation sites (tertiary alicyclic amines) is 1. The lowest BCUT2D eigenvalue weighted by atomic mass is 9.95. The standard InChI is InChI=1S/C23H25NO6/c1-4-30-17-11-10-16(14-18(17)29-3)20-19(21(25)15-8-6-5-7-9-15)22(26)23(27)24(20)12-13-28-2/h5-11,14,20,25H,4,12-13H2,1-3H3/b21-19+/t20-/m1/s1. The van der Waals surface area contributed by atoms with E-state index >= 15 is 0 Å². The molecular weight excluding hydrogens is 386 g/mol. The first-order chi connectivity index (χ1) is 14.5. The summed E-state index contributed by atoms with van der Waals surface area (Å²) < 4.78 is 16.1. The second-order valence-electron chi connectivity index (χ2n) is 6.69. The number of carbonyl (C=O) groups excluding carboxylic acids is 2. The minimum Gasteiger partial charge on any atom is -0.507 e. The summed E-state index contributed by atoms with van der Waals surface area (Å²) in [4.78, 5) is 27.1. The van der Waals surface area contributed by atoms with E-state index in [1.807, 2.05) is 13.0 Å². The second kappa shape index (κ2) is 9.45. The predicted octanol–water partition coefficient (Wildman–Crippen LogP) is 3.16. The van der Waals surface area contributed by atoms with Crippen molar-refractivity contribution < 1.29 is 28.9 Å². The third kappa shape index (κ3) is 4.02. The maximum atomic E-state index is 12.9. The fourth-order valence-electron chi connectivity index (χ4n) is 3.53. The summed E-state index contributed by atoms with van der Waals surface area (Å²) >= 11 is 0. The van der Waals surface area contributed by atoms with Crippen LogP contribution >= 0.6 is 0 Å². The van der Waals surface area contributed by atoms with Crippen LogP contribution < -0.4 is 9.47 Å². The summed E-state index contributed by atoms with van der Waals surface area (Å²) in [5.74, 6) is -0.591. The van der Waals surface area contributed by atoms with E-state index in [1.54, 1.807) is 42.5 Å². The van der Waals surface area contributed by atoms with E-state index < -0.39 is 17.7 Å². The Morgan fingerprint density at radius 2 is 1.80 bits per heavy atom. The normalized spacial score (nSPS) is 18.0. The van der Waals surface area contributed by atoms with Gasteiger partial charge in [0.1, 0.15) is 5.76 Å². The predicted molar refractivity (Wildman–Crippen MR) is 111 cm³/mol. The van der Waals surface area contributed by atoms with Crippen molar-refractivity contribution in [1.82, 2.24) is 4.90 Å². The van der Waals surface area contributed by atoms with Crippen molar-refractivity contribution in [2.45, 2.75) is 13.0 Å². The van der Waals surface area contributed by atoms with E-state index in [9.17, 15) is 14.7 Å². The number of ether oxygens (including phenoxy) is 3. The zero-order chi connectivity index (χ0) is 21.7. The van der Waals surface area contributed by atoms with E-state index in [2.05, 4.69) is 0 Å². The first-order valence-electron chi connectivity index (χ1n) is 9.67. The van der Waals surface area contributed by atoms with Crippen LogP contribution in [0.2, 0.25) is 0 Å². The van der Waals surface area contributed by atoms with Crippen LogP contribution in [-0.4, -0.2) is 55.7 Å². The molecule has 158 valence electrons. The van der Waals surface area contributed by atoms with Gasteiger partial charge in [-0.25, -0.2) is 0 Å². The molecule has 0 aromatic heterocycles. The molecular formula is C23H25NO6. The third-order valence-electron chi connectivity index (χ3n) is 4.93. The van der Waals surface area contributed by atoms with Gasteiger partial charge in [0.25, 0.3) is 11.7 Å².